The van der Waals surface area contributed by atoms with E-state index < -0.39 is 10.9 Å². The van der Waals surface area contributed by atoms with Crippen LogP contribution in [0.4, 0.5) is 0 Å². The lowest BCUT2D eigenvalue weighted by Gasteiger charge is -2.21. The van der Waals surface area contributed by atoms with E-state index in [1.54, 1.807) is 0 Å². The third-order valence-electron chi connectivity index (χ3n) is 1.82. The van der Waals surface area contributed by atoms with Crippen LogP contribution in [-0.2, 0) is 5.41 Å². The van der Waals surface area contributed by atoms with Gasteiger partial charge in [0.2, 0.25) is 5.43 Å². The molecule has 0 amide bonds. The van der Waals surface area contributed by atoms with Gasteiger partial charge in [-0.25, -0.2) is 0 Å². The van der Waals surface area contributed by atoms with Crippen molar-refractivity contribution >= 4 is 0 Å². The minimum absolute atomic E-state index is 0.229. The van der Waals surface area contributed by atoms with E-state index in [0.717, 1.165) is 0 Å². The molecule has 0 aliphatic rings. The minimum atomic E-state index is -0.498. The van der Waals surface area contributed by atoms with Gasteiger partial charge >= 0.3 is 0 Å². The largest absolute Gasteiger partial charge is 0.492 e. The molecule has 0 fully saturated rings. The van der Waals surface area contributed by atoms with Gasteiger partial charge in [0.15, 0.2) is 5.75 Å². The summed E-state index contributed by atoms with van der Waals surface area (Å²) in [6.07, 6.45) is 0. The highest BCUT2D eigenvalue weighted by Gasteiger charge is 2.30. The van der Waals surface area contributed by atoms with Gasteiger partial charge in [0.25, 0.3) is 5.43 Å². The van der Waals surface area contributed by atoms with Crippen molar-refractivity contribution in [2.45, 2.75) is 26.2 Å². The lowest BCUT2D eigenvalue weighted by Crippen LogP contribution is -2.41. The zero-order valence-corrected chi connectivity index (χ0v) is 7.72. The molecule has 0 aliphatic heterocycles. The van der Waals surface area contributed by atoms with Gasteiger partial charge in [-0.05, 0) is 5.41 Å². The Hall–Kier alpha value is -1.12. The van der Waals surface area contributed by atoms with E-state index in [1.807, 2.05) is 20.8 Å². The van der Waals surface area contributed by atoms with Gasteiger partial charge in [-0.3, -0.25) is 9.59 Å². The molecule has 0 bridgehead atoms. The van der Waals surface area contributed by atoms with E-state index in [0.29, 0.717) is 5.56 Å². The van der Waals surface area contributed by atoms with Crippen LogP contribution in [0.15, 0.2) is 9.59 Å². The lowest BCUT2D eigenvalue weighted by atomic mass is 9.83. The molecule has 0 radical (unpaired) electrons. The molecule has 0 unspecified atom stereocenters. The van der Waals surface area contributed by atoms with E-state index in [2.05, 4.69) is 0 Å². The molecule has 0 heterocycles. The van der Waals surface area contributed by atoms with Gasteiger partial charge in [-0.15, -0.1) is 0 Å². The summed E-state index contributed by atoms with van der Waals surface area (Å²) in [5.74, 6) is 0.229. The highest BCUT2D eigenvalue weighted by Crippen LogP contribution is 2.26. The average molecular weight is 168 g/mol. The van der Waals surface area contributed by atoms with E-state index >= 15 is 0 Å². The smallest absolute Gasteiger partial charge is 0.268 e. The summed E-state index contributed by atoms with van der Waals surface area (Å²) in [6, 6.07) is 0. The minimum Gasteiger partial charge on any atom is -0.492 e. The highest BCUT2D eigenvalue weighted by molar-refractivity contribution is 5.43. The van der Waals surface area contributed by atoms with Crippen molar-refractivity contribution in [1.29, 1.82) is 0 Å². The van der Waals surface area contributed by atoms with Crippen LogP contribution in [-0.4, -0.2) is 7.11 Å². The first-order valence-electron chi connectivity index (χ1n) is 3.77. The Balaban J connectivity index is 3.29. The second kappa shape index (κ2) is 2.44. The molecule has 0 spiro atoms. The fourth-order valence-corrected chi connectivity index (χ4v) is 1.25. The summed E-state index contributed by atoms with van der Waals surface area (Å²) >= 11 is 0. The predicted octanol–water partition coefficient (Wildman–Crippen LogP) is 0.589. The average Bonchev–Trinajstić information content (AvgIpc) is 1.95. The molecule has 0 aromatic heterocycles. The Bertz CT molecular complexity index is 361. The molecule has 12 heavy (non-hydrogen) atoms. The highest BCUT2D eigenvalue weighted by atomic mass is 16.5. The van der Waals surface area contributed by atoms with Crippen LogP contribution in [0.5, 0.6) is 5.75 Å². The zero-order chi connectivity index (χ0) is 9.52. The number of hydrogen-bond acceptors (Lipinski definition) is 3. The summed E-state index contributed by atoms with van der Waals surface area (Å²) in [6.45, 7) is 5.64. The summed E-state index contributed by atoms with van der Waals surface area (Å²) in [7, 11) is 1.41. The van der Waals surface area contributed by atoms with E-state index in [4.69, 9.17) is 4.74 Å². The van der Waals surface area contributed by atoms with E-state index in [9.17, 15) is 9.59 Å². The topological polar surface area (TPSA) is 43.4 Å². The van der Waals surface area contributed by atoms with Gasteiger partial charge in [-0.2, -0.15) is 0 Å². The van der Waals surface area contributed by atoms with Crippen molar-refractivity contribution in [3.63, 3.8) is 0 Å². The maximum absolute atomic E-state index is 11.1. The standard InChI is InChI=1S/C9H12O3/c1-9(2,3)5-6(10)7(11)8(5)12-4/h1-4H3. The van der Waals surface area contributed by atoms with Crippen LogP contribution in [0.1, 0.15) is 26.3 Å². The second-order valence-corrected chi connectivity index (χ2v) is 3.82. The number of methoxy groups -OCH3 is 1. The Morgan fingerprint density at radius 2 is 1.58 bits per heavy atom. The van der Waals surface area contributed by atoms with Crippen molar-refractivity contribution < 1.29 is 4.74 Å². The molecular formula is C9H12O3. The van der Waals surface area contributed by atoms with Crippen LogP contribution in [0, 0.1) is 0 Å². The maximum Gasteiger partial charge on any atom is 0.268 e. The first-order chi connectivity index (χ1) is 5.39. The van der Waals surface area contributed by atoms with Crippen LogP contribution >= 0.6 is 0 Å². The van der Waals surface area contributed by atoms with Crippen molar-refractivity contribution in [2.75, 3.05) is 7.11 Å². The van der Waals surface area contributed by atoms with E-state index in [-0.39, 0.29) is 11.2 Å². The molecule has 0 atom stereocenters. The molecular weight excluding hydrogens is 156 g/mol. The summed E-state index contributed by atoms with van der Waals surface area (Å²) in [5, 5.41) is 0. The monoisotopic (exact) mass is 168 g/mol. The van der Waals surface area contributed by atoms with Gasteiger partial charge in [0, 0.05) is 0 Å². The quantitative estimate of drug-likeness (QED) is 0.576. The molecule has 1 aromatic carbocycles. The fraction of sp³-hybridized carbons (Fsp3) is 0.556. The van der Waals surface area contributed by atoms with Crippen LogP contribution in [0.25, 0.3) is 0 Å². The Morgan fingerprint density at radius 3 is 1.83 bits per heavy atom. The Kier molecular flexibility index (Phi) is 1.82. The molecule has 1 rings (SSSR count). The molecule has 3 nitrogen and oxygen atoms in total. The lowest BCUT2D eigenvalue weighted by molar-refractivity contribution is 0.384. The summed E-state index contributed by atoms with van der Waals surface area (Å²) < 4.78 is 4.82. The molecule has 0 saturated heterocycles. The van der Waals surface area contributed by atoms with Gasteiger partial charge in [-0.1, -0.05) is 20.8 Å². The molecule has 66 valence electrons. The Labute approximate surface area is 70.7 Å². The molecule has 0 N–H and O–H groups in total. The molecule has 0 saturated carbocycles. The molecule has 1 aromatic rings. The number of rotatable bonds is 1. The van der Waals surface area contributed by atoms with Crippen molar-refractivity contribution in [1.82, 2.24) is 0 Å². The van der Waals surface area contributed by atoms with Gasteiger partial charge in [0.1, 0.15) is 0 Å². The first kappa shape index (κ1) is 8.97. The SMILES string of the molecule is COc1c(C(C)(C)C)c(=O)c1=O. The van der Waals surface area contributed by atoms with Gasteiger partial charge < -0.3 is 4.74 Å². The molecule has 0 aliphatic carbocycles. The number of hydrogen-bond donors (Lipinski definition) is 0. The van der Waals surface area contributed by atoms with Crippen LogP contribution in [0.3, 0.4) is 0 Å². The molecule has 3 heteroatoms. The Morgan fingerprint density at radius 1 is 1.08 bits per heavy atom. The van der Waals surface area contributed by atoms with Crippen molar-refractivity contribution in [2.24, 2.45) is 0 Å². The van der Waals surface area contributed by atoms with Crippen LogP contribution in [0.2, 0.25) is 0 Å². The van der Waals surface area contributed by atoms with Crippen molar-refractivity contribution in [3.8, 4) is 5.75 Å². The predicted molar refractivity (Wildman–Crippen MR) is 46.6 cm³/mol. The maximum atomic E-state index is 11.1. The van der Waals surface area contributed by atoms with E-state index in [1.165, 1.54) is 7.11 Å². The second-order valence-electron chi connectivity index (χ2n) is 3.82. The normalized spacial score (nSPS) is 12.0. The van der Waals surface area contributed by atoms with Crippen molar-refractivity contribution in [3.05, 3.63) is 26.0 Å². The third kappa shape index (κ3) is 1.05. The summed E-state index contributed by atoms with van der Waals surface area (Å²) in [4.78, 5) is 22.0. The first-order valence-corrected chi connectivity index (χ1v) is 3.77. The number of ether oxygens (including phenoxy) is 1. The third-order valence-corrected chi connectivity index (χ3v) is 1.82. The summed E-state index contributed by atoms with van der Waals surface area (Å²) in [5.41, 5.74) is -0.687. The van der Waals surface area contributed by atoms with Gasteiger partial charge in [0.05, 0.1) is 12.7 Å². The van der Waals surface area contributed by atoms with Crippen LogP contribution < -0.4 is 15.6 Å². The zero-order valence-electron chi connectivity index (χ0n) is 7.72. The fourth-order valence-electron chi connectivity index (χ4n) is 1.25.